The number of hydrogen-bond donors (Lipinski definition) is 3. The van der Waals surface area contributed by atoms with Crippen LogP contribution in [0.15, 0.2) is 12.7 Å². The van der Waals surface area contributed by atoms with E-state index in [4.69, 9.17) is 15.3 Å². The lowest BCUT2D eigenvalue weighted by molar-refractivity contribution is 0.188. The van der Waals surface area contributed by atoms with Crippen LogP contribution in [0.4, 0.5) is 0 Å². The van der Waals surface area contributed by atoms with E-state index in [0.717, 1.165) is 38.5 Å². The predicted molar refractivity (Wildman–Crippen MR) is 61.6 cm³/mol. The van der Waals surface area contributed by atoms with Gasteiger partial charge in [0.1, 0.15) is 0 Å². The number of aliphatic hydroxyl groups excluding tert-OH is 3. The minimum atomic E-state index is -0.0197. The van der Waals surface area contributed by atoms with E-state index in [9.17, 15) is 0 Å². The van der Waals surface area contributed by atoms with Crippen molar-refractivity contribution in [3.63, 3.8) is 0 Å². The Morgan fingerprint density at radius 3 is 1.33 bits per heavy atom. The van der Waals surface area contributed by atoms with E-state index in [-0.39, 0.29) is 25.2 Å². The fourth-order valence-electron chi connectivity index (χ4n) is 1.97. The lowest BCUT2D eigenvalue weighted by atomic mass is 9.75. The molecule has 0 aliphatic rings. The lowest BCUT2D eigenvalue weighted by Gasteiger charge is -2.30. The van der Waals surface area contributed by atoms with Gasteiger partial charge in [0.15, 0.2) is 0 Å². The average molecular weight is 216 g/mol. The molecule has 0 radical (unpaired) electrons. The quantitative estimate of drug-likeness (QED) is 0.485. The summed E-state index contributed by atoms with van der Waals surface area (Å²) in [6.07, 6.45) is 6.83. The Kier molecular flexibility index (Phi) is 8.67. The zero-order chi connectivity index (χ0) is 11.6. The molecular weight excluding hydrogens is 192 g/mol. The summed E-state index contributed by atoms with van der Waals surface area (Å²) in [6.45, 7) is 4.41. The van der Waals surface area contributed by atoms with Gasteiger partial charge in [0.2, 0.25) is 0 Å². The Morgan fingerprint density at radius 1 is 0.800 bits per heavy atom. The zero-order valence-corrected chi connectivity index (χ0v) is 9.49. The summed E-state index contributed by atoms with van der Waals surface area (Å²) in [5.41, 5.74) is -0.0197. The highest BCUT2D eigenvalue weighted by atomic mass is 16.3. The molecule has 0 fully saturated rings. The van der Waals surface area contributed by atoms with Gasteiger partial charge in [0.05, 0.1) is 0 Å². The van der Waals surface area contributed by atoms with Crippen LogP contribution in [0.1, 0.15) is 38.5 Å². The van der Waals surface area contributed by atoms with Crippen molar-refractivity contribution < 1.29 is 15.3 Å². The van der Waals surface area contributed by atoms with E-state index >= 15 is 0 Å². The van der Waals surface area contributed by atoms with Crippen LogP contribution in [0.25, 0.3) is 0 Å². The summed E-state index contributed by atoms with van der Waals surface area (Å²) in [5.74, 6) is 0. The van der Waals surface area contributed by atoms with E-state index in [1.807, 2.05) is 6.08 Å². The third-order valence-electron chi connectivity index (χ3n) is 2.93. The monoisotopic (exact) mass is 216 g/mol. The van der Waals surface area contributed by atoms with E-state index in [1.54, 1.807) is 0 Å². The molecule has 0 heterocycles. The minimum Gasteiger partial charge on any atom is -0.396 e. The maximum absolute atomic E-state index is 8.84. The summed E-state index contributed by atoms with van der Waals surface area (Å²) in [7, 11) is 0. The maximum atomic E-state index is 8.84. The maximum Gasteiger partial charge on any atom is 0.0431 e. The Labute approximate surface area is 92.4 Å². The molecule has 0 rings (SSSR count). The van der Waals surface area contributed by atoms with Crippen LogP contribution in [0.2, 0.25) is 0 Å². The lowest BCUT2D eigenvalue weighted by Crippen LogP contribution is -2.19. The molecule has 0 aromatic heterocycles. The van der Waals surface area contributed by atoms with Crippen LogP contribution in [0, 0.1) is 5.41 Å². The van der Waals surface area contributed by atoms with Crippen LogP contribution in [0.3, 0.4) is 0 Å². The Morgan fingerprint density at radius 2 is 1.13 bits per heavy atom. The fraction of sp³-hybridized carbons (Fsp3) is 0.833. The van der Waals surface area contributed by atoms with Gasteiger partial charge in [-0.2, -0.15) is 0 Å². The normalized spacial score (nSPS) is 11.7. The van der Waals surface area contributed by atoms with Crippen molar-refractivity contribution in [2.75, 3.05) is 19.8 Å². The summed E-state index contributed by atoms with van der Waals surface area (Å²) in [4.78, 5) is 0. The van der Waals surface area contributed by atoms with E-state index in [1.165, 1.54) is 0 Å². The number of hydrogen-bond acceptors (Lipinski definition) is 3. The van der Waals surface area contributed by atoms with Crippen molar-refractivity contribution in [2.24, 2.45) is 5.41 Å². The second-order valence-electron chi connectivity index (χ2n) is 4.05. The van der Waals surface area contributed by atoms with Gasteiger partial charge in [-0.15, -0.1) is 6.58 Å². The first kappa shape index (κ1) is 14.6. The first-order valence-corrected chi connectivity index (χ1v) is 5.71. The van der Waals surface area contributed by atoms with Crippen molar-refractivity contribution >= 4 is 0 Å². The molecule has 0 amide bonds. The number of allylic oxidation sites excluding steroid dienone is 1. The Hall–Kier alpha value is -0.380. The molecule has 0 bridgehead atoms. The van der Waals surface area contributed by atoms with Gasteiger partial charge in [0.25, 0.3) is 0 Å². The first-order chi connectivity index (χ1) is 7.24. The highest BCUT2D eigenvalue weighted by molar-refractivity contribution is 4.94. The smallest absolute Gasteiger partial charge is 0.0431 e. The zero-order valence-electron chi connectivity index (χ0n) is 9.49. The molecule has 3 N–H and O–H groups in total. The standard InChI is InChI=1S/C12H24O3/c1-2-12(6-3-9-13,7-4-10-14)8-5-11-15/h2,13-15H,1,3-11H2. The van der Waals surface area contributed by atoms with E-state index < -0.39 is 0 Å². The SMILES string of the molecule is C=CC(CCCO)(CCCO)CCCO. The second-order valence-corrected chi connectivity index (χ2v) is 4.05. The van der Waals surface area contributed by atoms with Crippen molar-refractivity contribution in [1.29, 1.82) is 0 Å². The molecule has 90 valence electrons. The highest BCUT2D eigenvalue weighted by Gasteiger charge is 2.24. The van der Waals surface area contributed by atoms with Crippen molar-refractivity contribution in [2.45, 2.75) is 38.5 Å². The summed E-state index contributed by atoms with van der Waals surface area (Å²) >= 11 is 0. The molecule has 0 spiro atoms. The molecule has 0 saturated heterocycles. The van der Waals surface area contributed by atoms with Crippen molar-refractivity contribution in [3.05, 3.63) is 12.7 Å². The van der Waals surface area contributed by atoms with Gasteiger partial charge in [-0.1, -0.05) is 6.08 Å². The molecule has 0 aliphatic heterocycles. The molecule has 0 unspecified atom stereocenters. The van der Waals surface area contributed by atoms with Crippen molar-refractivity contribution in [1.82, 2.24) is 0 Å². The van der Waals surface area contributed by atoms with Crippen LogP contribution in [-0.2, 0) is 0 Å². The highest BCUT2D eigenvalue weighted by Crippen LogP contribution is 2.35. The van der Waals surface area contributed by atoms with Crippen molar-refractivity contribution in [3.8, 4) is 0 Å². The topological polar surface area (TPSA) is 60.7 Å². The van der Waals surface area contributed by atoms with Gasteiger partial charge in [-0.05, 0) is 43.9 Å². The predicted octanol–water partition coefficient (Wildman–Crippen LogP) is 1.48. The molecular formula is C12H24O3. The third kappa shape index (κ3) is 5.92. The van der Waals surface area contributed by atoms with Gasteiger partial charge in [-0.25, -0.2) is 0 Å². The van der Waals surface area contributed by atoms with Gasteiger partial charge < -0.3 is 15.3 Å². The van der Waals surface area contributed by atoms with Crippen LogP contribution < -0.4 is 0 Å². The van der Waals surface area contributed by atoms with Crippen LogP contribution in [-0.4, -0.2) is 35.1 Å². The first-order valence-electron chi connectivity index (χ1n) is 5.71. The largest absolute Gasteiger partial charge is 0.396 e. The summed E-state index contributed by atoms with van der Waals surface area (Å²) < 4.78 is 0. The Bertz CT molecular complexity index is 135. The minimum absolute atomic E-state index is 0.0197. The molecule has 0 atom stereocenters. The second kappa shape index (κ2) is 8.89. The molecule has 0 aromatic carbocycles. The molecule has 0 aromatic rings. The molecule has 3 nitrogen and oxygen atoms in total. The van der Waals surface area contributed by atoms with Crippen LogP contribution in [0.5, 0.6) is 0 Å². The Balaban J connectivity index is 4.23. The molecule has 3 heteroatoms. The molecule has 0 aliphatic carbocycles. The van der Waals surface area contributed by atoms with Gasteiger partial charge in [-0.3, -0.25) is 0 Å². The summed E-state index contributed by atoms with van der Waals surface area (Å²) in [6, 6.07) is 0. The third-order valence-corrected chi connectivity index (χ3v) is 2.93. The average Bonchev–Trinajstić information content (AvgIpc) is 2.29. The fourth-order valence-corrected chi connectivity index (χ4v) is 1.97. The molecule has 15 heavy (non-hydrogen) atoms. The van der Waals surface area contributed by atoms with Crippen LogP contribution >= 0.6 is 0 Å². The summed E-state index contributed by atoms with van der Waals surface area (Å²) in [5, 5.41) is 26.5. The van der Waals surface area contributed by atoms with Gasteiger partial charge >= 0.3 is 0 Å². The van der Waals surface area contributed by atoms with E-state index in [0.29, 0.717) is 0 Å². The number of aliphatic hydroxyl groups is 3. The van der Waals surface area contributed by atoms with Gasteiger partial charge in [0, 0.05) is 19.8 Å². The van der Waals surface area contributed by atoms with E-state index in [2.05, 4.69) is 6.58 Å². The number of rotatable bonds is 10. The molecule has 0 saturated carbocycles.